The van der Waals surface area contributed by atoms with Crippen molar-refractivity contribution in [2.75, 3.05) is 13.2 Å². The van der Waals surface area contributed by atoms with Gasteiger partial charge in [-0.1, -0.05) is 35.5 Å². The minimum atomic E-state index is -0.158. The fourth-order valence-electron chi connectivity index (χ4n) is 1.27. The van der Waals surface area contributed by atoms with Crippen LogP contribution in [0.15, 0.2) is 45.9 Å². The van der Waals surface area contributed by atoms with Crippen molar-refractivity contribution in [2.45, 2.75) is 0 Å². The molecule has 3 rings (SSSR count). The molecule has 88 valence electrons. The Morgan fingerprint density at radius 1 is 1.18 bits per heavy atom. The fourth-order valence-corrected chi connectivity index (χ4v) is 1.27. The molecule has 0 saturated heterocycles. The molecule has 0 aliphatic carbocycles. The van der Waals surface area contributed by atoms with Crippen molar-refractivity contribution in [3.63, 3.8) is 0 Å². The number of aliphatic imine (C=N–C) groups is 1. The number of nitrogens with zero attached hydrogens (tertiary/aromatic N) is 2. The SMILES string of the molecule is C1=NCCO1.Oc1cc(-c2ccccc2)no1. The van der Waals surface area contributed by atoms with E-state index in [9.17, 15) is 0 Å². The first-order valence-corrected chi connectivity index (χ1v) is 5.17. The second-order valence-electron chi connectivity index (χ2n) is 3.30. The van der Waals surface area contributed by atoms with Gasteiger partial charge in [-0.15, -0.1) is 0 Å². The summed E-state index contributed by atoms with van der Waals surface area (Å²) in [5, 5.41) is 12.5. The third kappa shape index (κ3) is 3.34. The van der Waals surface area contributed by atoms with E-state index in [0.717, 1.165) is 18.7 Å². The van der Waals surface area contributed by atoms with Crippen LogP contribution in [0.3, 0.4) is 0 Å². The van der Waals surface area contributed by atoms with Gasteiger partial charge in [0.2, 0.25) is 0 Å². The molecule has 0 saturated carbocycles. The molecule has 1 aromatic carbocycles. The summed E-state index contributed by atoms with van der Waals surface area (Å²) in [5.74, 6) is -0.158. The molecule has 1 aliphatic rings. The Bertz CT molecular complexity index is 474. The van der Waals surface area contributed by atoms with Crippen LogP contribution >= 0.6 is 0 Å². The number of aromatic hydroxyl groups is 1. The van der Waals surface area contributed by atoms with Gasteiger partial charge in [-0.2, -0.15) is 0 Å². The summed E-state index contributed by atoms with van der Waals surface area (Å²) < 4.78 is 9.18. The highest BCUT2D eigenvalue weighted by Crippen LogP contribution is 2.21. The first kappa shape index (κ1) is 11.2. The predicted octanol–water partition coefficient (Wildman–Crippen LogP) is 2.09. The summed E-state index contributed by atoms with van der Waals surface area (Å²) in [6, 6.07) is 11.0. The van der Waals surface area contributed by atoms with Gasteiger partial charge in [-0.3, -0.25) is 4.99 Å². The maximum atomic E-state index is 8.89. The Balaban J connectivity index is 0.000000181. The molecule has 0 atom stereocenters. The largest absolute Gasteiger partial charge is 0.482 e. The molecule has 2 aromatic rings. The van der Waals surface area contributed by atoms with Crippen molar-refractivity contribution in [1.29, 1.82) is 0 Å². The molecular weight excluding hydrogens is 220 g/mol. The van der Waals surface area contributed by atoms with Gasteiger partial charge in [0.15, 0.2) is 6.40 Å². The topological polar surface area (TPSA) is 67.8 Å². The van der Waals surface area contributed by atoms with E-state index in [2.05, 4.69) is 19.4 Å². The Labute approximate surface area is 98.4 Å². The molecule has 2 heterocycles. The highest BCUT2D eigenvalue weighted by molar-refractivity contribution is 5.58. The van der Waals surface area contributed by atoms with E-state index >= 15 is 0 Å². The molecule has 5 heteroatoms. The lowest BCUT2D eigenvalue weighted by atomic mass is 10.2. The molecule has 0 unspecified atom stereocenters. The molecule has 0 fully saturated rings. The van der Waals surface area contributed by atoms with Gasteiger partial charge in [-0.25, -0.2) is 0 Å². The van der Waals surface area contributed by atoms with Gasteiger partial charge >= 0.3 is 5.95 Å². The number of ether oxygens (including phenoxy) is 1. The Kier molecular flexibility index (Phi) is 3.75. The highest BCUT2D eigenvalue weighted by Gasteiger charge is 2.02. The second kappa shape index (κ2) is 5.69. The average molecular weight is 232 g/mol. The van der Waals surface area contributed by atoms with Crippen LogP contribution in [0.4, 0.5) is 0 Å². The maximum absolute atomic E-state index is 8.89. The molecule has 0 amide bonds. The highest BCUT2D eigenvalue weighted by atomic mass is 16.5. The Morgan fingerprint density at radius 2 is 2.00 bits per heavy atom. The quantitative estimate of drug-likeness (QED) is 0.817. The van der Waals surface area contributed by atoms with E-state index in [1.165, 1.54) is 12.5 Å². The van der Waals surface area contributed by atoms with Crippen molar-refractivity contribution in [1.82, 2.24) is 5.16 Å². The molecule has 1 aliphatic heterocycles. The van der Waals surface area contributed by atoms with Crippen LogP contribution in [0.25, 0.3) is 11.3 Å². The molecular formula is C12H12N2O3. The average Bonchev–Trinajstić information content (AvgIpc) is 3.04. The zero-order valence-corrected chi connectivity index (χ0v) is 9.11. The molecule has 17 heavy (non-hydrogen) atoms. The summed E-state index contributed by atoms with van der Waals surface area (Å²) in [4.78, 5) is 3.74. The predicted molar refractivity (Wildman–Crippen MR) is 62.9 cm³/mol. The summed E-state index contributed by atoms with van der Waals surface area (Å²) in [6.45, 7) is 1.62. The van der Waals surface area contributed by atoms with Gasteiger partial charge in [0.1, 0.15) is 12.3 Å². The number of aromatic nitrogens is 1. The van der Waals surface area contributed by atoms with Crippen LogP contribution in [0.5, 0.6) is 5.95 Å². The van der Waals surface area contributed by atoms with E-state index in [-0.39, 0.29) is 5.95 Å². The lowest BCUT2D eigenvalue weighted by molar-refractivity contribution is 0.278. The summed E-state index contributed by atoms with van der Waals surface area (Å²) in [7, 11) is 0. The molecule has 1 N–H and O–H groups in total. The monoisotopic (exact) mass is 232 g/mol. The zero-order chi connectivity index (χ0) is 11.9. The van der Waals surface area contributed by atoms with Gasteiger partial charge in [-0.05, 0) is 0 Å². The van der Waals surface area contributed by atoms with E-state index in [1.807, 2.05) is 30.3 Å². The van der Waals surface area contributed by atoms with Crippen LogP contribution < -0.4 is 0 Å². The molecule has 0 spiro atoms. The van der Waals surface area contributed by atoms with Crippen molar-refractivity contribution in [2.24, 2.45) is 4.99 Å². The number of hydrogen-bond acceptors (Lipinski definition) is 5. The minimum absolute atomic E-state index is 0.158. The molecule has 1 aromatic heterocycles. The van der Waals surface area contributed by atoms with Crippen molar-refractivity contribution in [3.05, 3.63) is 36.4 Å². The van der Waals surface area contributed by atoms with Gasteiger partial charge < -0.3 is 14.4 Å². The zero-order valence-electron chi connectivity index (χ0n) is 9.11. The van der Waals surface area contributed by atoms with Crippen LogP contribution in [0.2, 0.25) is 0 Å². The lowest BCUT2D eigenvalue weighted by Crippen LogP contribution is -1.80. The molecule has 0 radical (unpaired) electrons. The second-order valence-corrected chi connectivity index (χ2v) is 3.30. The van der Waals surface area contributed by atoms with Crippen molar-refractivity contribution >= 4 is 6.40 Å². The third-order valence-corrected chi connectivity index (χ3v) is 2.05. The van der Waals surface area contributed by atoms with Crippen molar-refractivity contribution < 1.29 is 14.4 Å². The summed E-state index contributed by atoms with van der Waals surface area (Å²) in [5.41, 5.74) is 1.58. The standard InChI is InChI=1S/C9H7NO2.C3H5NO/c11-9-6-8(10-12-9)7-4-2-1-3-5-7;1-2-5-3-4-1/h1-6,11H;3H,1-2H2. The number of rotatable bonds is 1. The Morgan fingerprint density at radius 3 is 2.47 bits per heavy atom. The molecule has 0 bridgehead atoms. The maximum Gasteiger partial charge on any atom is 0.309 e. The van der Waals surface area contributed by atoms with Crippen LogP contribution in [0, 0.1) is 0 Å². The first-order chi connectivity index (χ1) is 8.36. The number of hydrogen-bond donors (Lipinski definition) is 1. The van der Waals surface area contributed by atoms with E-state index in [1.54, 1.807) is 0 Å². The third-order valence-electron chi connectivity index (χ3n) is 2.05. The molecule has 5 nitrogen and oxygen atoms in total. The van der Waals surface area contributed by atoms with Gasteiger partial charge in [0.05, 0.1) is 12.6 Å². The van der Waals surface area contributed by atoms with E-state index in [0.29, 0.717) is 5.69 Å². The first-order valence-electron chi connectivity index (χ1n) is 5.17. The van der Waals surface area contributed by atoms with Gasteiger partial charge in [0.25, 0.3) is 0 Å². The minimum Gasteiger partial charge on any atom is -0.482 e. The van der Waals surface area contributed by atoms with Crippen LogP contribution in [-0.4, -0.2) is 29.8 Å². The van der Waals surface area contributed by atoms with E-state index in [4.69, 9.17) is 5.11 Å². The summed E-state index contributed by atoms with van der Waals surface area (Å²) >= 11 is 0. The fraction of sp³-hybridized carbons (Fsp3) is 0.167. The lowest BCUT2D eigenvalue weighted by Gasteiger charge is -1.90. The van der Waals surface area contributed by atoms with Crippen LogP contribution in [-0.2, 0) is 4.74 Å². The van der Waals surface area contributed by atoms with Crippen molar-refractivity contribution in [3.8, 4) is 17.2 Å². The van der Waals surface area contributed by atoms with Crippen LogP contribution in [0.1, 0.15) is 0 Å². The smallest absolute Gasteiger partial charge is 0.309 e. The van der Waals surface area contributed by atoms with E-state index < -0.39 is 0 Å². The van der Waals surface area contributed by atoms with Gasteiger partial charge in [0, 0.05) is 5.56 Å². The normalized spacial score (nSPS) is 12.7. The Hall–Kier alpha value is -2.30. The number of benzene rings is 1. The summed E-state index contributed by atoms with van der Waals surface area (Å²) in [6.07, 6.45) is 1.49.